The molecule has 0 atom stereocenters. The molecule has 0 saturated heterocycles. The molecule has 0 N–H and O–H groups in total. The molecule has 26 heavy (non-hydrogen) atoms. The first-order valence-corrected chi connectivity index (χ1v) is 9.55. The van der Waals surface area contributed by atoms with Crippen molar-refractivity contribution in [3.8, 4) is 22.9 Å². The summed E-state index contributed by atoms with van der Waals surface area (Å²) in [7, 11) is 3.31. The molecule has 0 aliphatic heterocycles. The van der Waals surface area contributed by atoms with E-state index in [0.29, 0.717) is 5.02 Å². The Hall–Kier alpha value is -2.18. The number of hydrogen-bond acceptors (Lipinski definition) is 5. The maximum absolute atomic E-state index is 6.17. The van der Waals surface area contributed by atoms with Crippen LogP contribution in [0.15, 0.2) is 47.6 Å². The Kier molecular flexibility index (Phi) is 6.06. The van der Waals surface area contributed by atoms with Crippen LogP contribution >= 0.6 is 23.4 Å². The van der Waals surface area contributed by atoms with Crippen molar-refractivity contribution < 1.29 is 9.47 Å². The van der Waals surface area contributed by atoms with Crippen molar-refractivity contribution in [3.63, 3.8) is 0 Å². The number of methoxy groups -OCH3 is 2. The largest absolute Gasteiger partial charge is 0.497 e. The van der Waals surface area contributed by atoms with Gasteiger partial charge < -0.3 is 14.0 Å². The second-order valence-corrected chi connectivity index (χ2v) is 6.91. The quantitative estimate of drug-likeness (QED) is 0.536. The zero-order valence-corrected chi connectivity index (χ0v) is 16.5. The Balaban J connectivity index is 1.88. The van der Waals surface area contributed by atoms with Crippen molar-refractivity contribution in [2.75, 3.05) is 14.2 Å². The zero-order valence-electron chi connectivity index (χ0n) is 14.9. The second kappa shape index (κ2) is 8.47. The number of benzene rings is 2. The van der Waals surface area contributed by atoms with Gasteiger partial charge in [0.2, 0.25) is 0 Å². The van der Waals surface area contributed by atoms with Crippen molar-refractivity contribution in [2.24, 2.45) is 0 Å². The Morgan fingerprint density at radius 2 is 1.92 bits per heavy atom. The highest BCUT2D eigenvalue weighted by Gasteiger charge is 2.17. The predicted molar refractivity (Wildman–Crippen MR) is 105 cm³/mol. The standard InChI is InChI=1S/C19H20ClN3O2S/c1-4-23-18(16-11-14(20)8-9-17(16)25-3)21-22-19(23)26-12-13-6-5-7-15(10-13)24-2/h5-11H,4,12H2,1-3H3. The van der Waals surface area contributed by atoms with Crippen LogP contribution in [0.4, 0.5) is 0 Å². The van der Waals surface area contributed by atoms with Crippen molar-refractivity contribution in [2.45, 2.75) is 24.4 Å². The van der Waals surface area contributed by atoms with E-state index in [4.69, 9.17) is 21.1 Å². The van der Waals surface area contributed by atoms with Gasteiger partial charge in [0.05, 0.1) is 19.8 Å². The highest BCUT2D eigenvalue weighted by molar-refractivity contribution is 7.98. The van der Waals surface area contributed by atoms with Crippen LogP contribution in [0.2, 0.25) is 5.02 Å². The monoisotopic (exact) mass is 389 g/mol. The fourth-order valence-corrected chi connectivity index (χ4v) is 3.76. The molecule has 1 heterocycles. The zero-order chi connectivity index (χ0) is 18.5. The number of hydrogen-bond donors (Lipinski definition) is 0. The van der Waals surface area contributed by atoms with Crippen LogP contribution in [-0.2, 0) is 12.3 Å². The molecule has 0 fully saturated rings. The lowest BCUT2D eigenvalue weighted by Gasteiger charge is -2.11. The van der Waals surface area contributed by atoms with E-state index in [0.717, 1.165) is 40.3 Å². The second-order valence-electron chi connectivity index (χ2n) is 5.54. The average Bonchev–Trinajstić information content (AvgIpc) is 3.09. The Morgan fingerprint density at radius 3 is 2.65 bits per heavy atom. The predicted octanol–water partition coefficient (Wildman–Crippen LogP) is 4.93. The fourth-order valence-electron chi connectivity index (χ4n) is 2.64. The first-order chi connectivity index (χ1) is 12.7. The molecule has 3 rings (SSSR count). The van der Waals surface area contributed by atoms with Gasteiger partial charge >= 0.3 is 0 Å². The summed E-state index contributed by atoms with van der Waals surface area (Å²) in [6.07, 6.45) is 0. The van der Waals surface area contributed by atoms with Gasteiger partial charge in [0, 0.05) is 17.3 Å². The Bertz CT molecular complexity index is 898. The Morgan fingerprint density at radius 1 is 1.08 bits per heavy atom. The summed E-state index contributed by atoms with van der Waals surface area (Å²) < 4.78 is 12.8. The SMILES string of the molecule is CCn1c(SCc2cccc(OC)c2)nnc1-c1cc(Cl)ccc1OC. The van der Waals surface area contributed by atoms with Gasteiger partial charge in [0.25, 0.3) is 0 Å². The van der Waals surface area contributed by atoms with Crippen LogP contribution in [0.3, 0.4) is 0 Å². The van der Waals surface area contributed by atoms with Crippen LogP contribution in [-0.4, -0.2) is 29.0 Å². The van der Waals surface area contributed by atoms with E-state index in [-0.39, 0.29) is 0 Å². The van der Waals surface area contributed by atoms with Crippen LogP contribution in [0, 0.1) is 0 Å². The molecule has 1 aromatic heterocycles. The molecule has 0 spiro atoms. The molecule has 3 aromatic rings. The minimum atomic E-state index is 0.636. The molecule has 136 valence electrons. The molecule has 0 bridgehead atoms. The summed E-state index contributed by atoms with van der Waals surface area (Å²) in [6.45, 7) is 2.82. The van der Waals surface area contributed by atoms with Crippen LogP contribution in [0.25, 0.3) is 11.4 Å². The van der Waals surface area contributed by atoms with E-state index in [1.807, 2.05) is 30.3 Å². The van der Waals surface area contributed by atoms with Gasteiger partial charge in [-0.05, 0) is 42.8 Å². The van der Waals surface area contributed by atoms with Gasteiger partial charge in [-0.25, -0.2) is 0 Å². The van der Waals surface area contributed by atoms with Gasteiger partial charge in [-0.3, -0.25) is 0 Å². The van der Waals surface area contributed by atoms with Crippen molar-refractivity contribution in [1.82, 2.24) is 14.8 Å². The normalized spacial score (nSPS) is 10.8. The molecule has 7 heteroatoms. The summed E-state index contributed by atoms with van der Waals surface area (Å²) in [5, 5.41) is 10.2. The first-order valence-electron chi connectivity index (χ1n) is 8.19. The van der Waals surface area contributed by atoms with Gasteiger partial charge in [0.1, 0.15) is 11.5 Å². The topological polar surface area (TPSA) is 49.2 Å². The smallest absolute Gasteiger partial charge is 0.191 e. The van der Waals surface area contributed by atoms with E-state index >= 15 is 0 Å². The summed E-state index contributed by atoms with van der Waals surface area (Å²) in [4.78, 5) is 0. The third-order valence-corrected chi connectivity index (χ3v) is 5.21. The first kappa shape index (κ1) is 18.6. The van der Waals surface area contributed by atoms with E-state index < -0.39 is 0 Å². The van der Waals surface area contributed by atoms with Gasteiger partial charge in [-0.15, -0.1) is 10.2 Å². The number of thioether (sulfide) groups is 1. The minimum absolute atomic E-state index is 0.636. The van der Waals surface area contributed by atoms with Crippen molar-refractivity contribution in [1.29, 1.82) is 0 Å². The highest BCUT2D eigenvalue weighted by atomic mass is 35.5. The number of aromatic nitrogens is 3. The highest BCUT2D eigenvalue weighted by Crippen LogP contribution is 2.34. The average molecular weight is 390 g/mol. The molecule has 0 amide bonds. The van der Waals surface area contributed by atoms with Crippen LogP contribution in [0.1, 0.15) is 12.5 Å². The summed E-state index contributed by atoms with van der Waals surface area (Å²) in [6, 6.07) is 13.5. The van der Waals surface area contributed by atoms with Gasteiger partial charge in [-0.1, -0.05) is 35.5 Å². The molecule has 0 aliphatic rings. The van der Waals surface area contributed by atoms with E-state index in [9.17, 15) is 0 Å². The lowest BCUT2D eigenvalue weighted by molar-refractivity contribution is 0.414. The van der Waals surface area contributed by atoms with E-state index in [2.05, 4.69) is 27.8 Å². The summed E-state index contributed by atoms with van der Waals surface area (Å²) in [5.74, 6) is 3.10. The lowest BCUT2D eigenvalue weighted by Crippen LogP contribution is -2.01. The van der Waals surface area contributed by atoms with Crippen molar-refractivity contribution in [3.05, 3.63) is 53.1 Å². The number of nitrogens with zero attached hydrogens (tertiary/aromatic N) is 3. The third kappa shape index (κ3) is 3.97. The minimum Gasteiger partial charge on any atom is -0.497 e. The number of rotatable bonds is 7. The molecular formula is C19H20ClN3O2S. The number of halogens is 1. The molecular weight excluding hydrogens is 370 g/mol. The van der Waals surface area contributed by atoms with Gasteiger partial charge in [0.15, 0.2) is 11.0 Å². The third-order valence-electron chi connectivity index (χ3n) is 3.94. The summed E-state index contributed by atoms with van der Waals surface area (Å²) in [5.41, 5.74) is 2.00. The van der Waals surface area contributed by atoms with Crippen LogP contribution < -0.4 is 9.47 Å². The molecule has 2 aromatic carbocycles. The Labute approximate surface area is 162 Å². The van der Waals surface area contributed by atoms with E-state index in [1.54, 1.807) is 32.0 Å². The molecule has 0 unspecified atom stereocenters. The summed E-state index contributed by atoms with van der Waals surface area (Å²) >= 11 is 7.80. The van der Waals surface area contributed by atoms with Gasteiger partial charge in [-0.2, -0.15) is 0 Å². The van der Waals surface area contributed by atoms with Crippen molar-refractivity contribution >= 4 is 23.4 Å². The molecule has 5 nitrogen and oxygen atoms in total. The lowest BCUT2D eigenvalue weighted by atomic mass is 10.2. The molecule has 0 saturated carbocycles. The molecule has 0 aliphatic carbocycles. The van der Waals surface area contributed by atoms with Crippen LogP contribution in [0.5, 0.6) is 11.5 Å². The number of ether oxygens (including phenoxy) is 2. The maximum atomic E-state index is 6.17. The maximum Gasteiger partial charge on any atom is 0.191 e. The molecule has 0 radical (unpaired) electrons. The fraction of sp³-hybridized carbons (Fsp3) is 0.263. The van der Waals surface area contributed by atoms with E-state index in [1.165, 1.54) is 5.56 Å².